The molecule has 2 aromatic rings. The van der Waals surface area contributed by atoms with Crippen molar-refractivity contribution < 1.29 is 9.90 Å². The van der Waals surface area contributed by atoms with E-state index in [1.807, 2.05) is 6.07 Å². The molecule has 1 aromatic heterocycles. The molecule has 1 heterocycles. The van der Waals surface area contributed by atoms with Crippen LogP contribution in [0.3, 0.4) is 0 Å². The van der Waals surface area contributed by atoms with Gasteiger partial charge in [0.1, 0.15) is 11.2 Å². The summed E-state index contributed by atoms with van der Waals surface area (Å²) in [5.74, 6) is -0.188. The van der Waals surface area contributed by atoms with E-state index in [0.717, 1.165) is 12.8 Å². The van der Waals surface area contributed by atoms with Gasteiger partial charge >= 0.3 is 5.97 Å². The fourth-order valence-electron chi connectivity index (χ4n) is 3.34. The minimum atomic E-state index is -0.839. The van der Waals surface area contributed by atoms with Crippen molar-refractivity contribution in [2.45, 2.75) is 37.1 Å². The average molecular weight is 295 g/mol. The first-order chi connectivity index (χ1) is 10.7. The molecule has 0 spiro atoms. The van der Waals surface area contributed by atoms with Gasteiger partial charge in [0.15, 0.2) is 0 Å². The van der Waals surface area contributed by atoms with Crippen molar-refractivity contribution in [1.82, 2.24) is 9.97 Å². The van der Waals surface area contributed by atoms with Crippen LogP contribution < -0.4 is 5.32 Å². The minimum absolute atomic E-state index is 0.177. The number of carboxylic acids is 1. The normalized spacial score (nSPS) is 21.2. The first-order valence-corrected chi connectivity index (χ1v) is 7.60. The highest BCUT2D eigenvalue weighted by Gasteiger charge is 2.55. The van der Waals surface area contributed by atoms with Crippen molar-refractivity contribution in [2.75, 3.05) is 5.32 Å². The molecular formula is C17H17N3O2. The molecule has 1 aromatic carbocycles. The molecule has 4 rings (SSSR count). The summed E-state index contributed by atoms with van der Waals surface area (Å²) < 4.78 is 0. The second-order valence-corrected chi connectivity index (χ2v) is 6.08. The van der Waals surface area contributed by atoms with Crippen LogP contribution in [-0.4, -0.2) is 21.0 Å². The molecule has 0 saturated heterocycles. The van der Waals surface area contributed by atoms with Gasteiger partial charge in [0, 0.05) is 12.4 Å². The number of nitrogens with one attached hydrogen (secondary N) is 1. The first kappa shape index (κ1) is 13.2. The summed E-state index contributed by atoms with van der Waals surface area (Å²) in [7, 11) is 0. The van der Waals surface area contributed by atoms with Crippen molar-refractivity contribution in [3.8, 4) is 0 Å². The first-order valence-electron chi connectivity index (χ1n) is 7.60. The zero-order chi connectivity index (χ0) is 15.2. The summed E-state index contributed by atoms with van der Waals surface area (Å²) in [4.78, 5) is 20.3. The molecule has 1 atom stereocenters. The Morgan fingerprint density at radius 1 is 1.23 bits per heavy atom. The lowest BCUT2D eigenvalue weighted by atomic mass is 10.0. The Morgan fingerprint density at radius 2 is 2.00 bits per heavy atom. The SMILES string of the molecule is O=C(O)C1(c2nccnc2NC2CCc3ccccc32)CC1. The summed E-state index contributed by atoms with van der Waals surface area (Å²) >= 11 is 0. The molecule has 5 nitrogen and oxygen atoms in total. The maximum Gasteiger partial charge on any atom is 0.315 e. The van der Waals surface area contributed by atoms with Gasteiger partial charge in [0.05, 0.1) is 11.7 Å². The van der Waals surface area contributed by atoms with Crippen LogP contribution in [0.1, 0.15) is 42.1 Å². The van der Waals surface area contributed by atoms with E-state index in [0.29, 0.717) is 24.4 Å². The smallest absolute Gasteiger partial charge is 0.315 e. The number of hydrogen-bond acceptors (Lipinski definition) is 4. The van der Waals surface area contributed by atoms with Crippen LogP contribution in [0.4, 0.5) is 5.82 Å². The fourth-order valence-corrected chi connectivity index (χ4v) is 3.34. The Morgan fingerprint density at radius 3 is 2.77 bits per heavy atom. The number of hydrogen-bond donors (Lipinski definition) is 2. The standard InChI is InChI=1S/C17H17N3O2/c21-16(22)17(7-8-17)14-15(19-10-9-18-14)20-13-6-5-11-3-1-2-4-12(11)13/h1-4,9-10,13H,5-8H2,(H,19,20)(H,21,22). The molecular weight excluding hydrogens is 278 g/mol. The quantitative estimate of drug-likeness (QED) is 0.907. The van der Waals surface area contributed by atoms with Gasteiger partial charge < -0.3 is 10.4 Å². The molecule has 0 aliphatic heterocycles. The van der Waals surface area contributed by atoms with E-state index >= 15 is 0 Å². The van der Waals surface area contributed by atoms with Crippen LogP contribution in [0.25, 0.3) is 0 Å². The van der Waals surface area contributed by atoms with Crippen molar-refractivity contribution in [1.29, 1.82) is 0 Å². The number of nitrogens with zero attached hydrogens (tertiary/aromatic N) is 2. The van der Waals surface area contributed by atoms with Gasteiger partial charge in [-0.3, -0.25) is 9.78 Å². The third kappa shape index (κ3) is 1.96. The number of anilines is 1. The molecule has 1 saturated carbocycles. The molecule has 0 bridgehead atoms. The van der Waals surface area contributed by atoms with Gasteiger partial charge in [-0.1, -0.05) is 24.3 Å². The summed E-state index contributed by atoms with van der Waals surface area (Å²) in [5, 5.41) is 12.9. The van der Waals surface area contributed by atoms with Crippen molar-refractivity contribution in [3.05, 3.63) is 53.5 Å². The largest absolute Gasteiger partial charge is 0.481 e. The monoisotopic (exact) mass is 295 g/mol. The topological polar surface area (TPSA) is 75.1 Å². The summed E-state index contributed by atoms with van der Waals surface area (Å²) in [6.45, 7) is 0. The lowest BCUT2D eigenvalue weighted by molar-refractivity contribution is -0.140. The van der Waals surface area contributed by atoms with Crippen LogP contribution >= 0.6 is 0 Å². The Hall–Kier alpha value is -2.43. The molecule has 1 fully saturated rings. The number of benzene rings is 1. The summed E-state index contributed by atoms with van der Waals surface area (Å²) in [6, 6.07) is 8.54. The number of aryl methyl sites for hydroxylation is 1. The highest BCUT2D eigenvalue weighted by atomic mass is 16.4. The van der Waals surface area contributed by atoms with Gasteiger partial charge in [-0.2, -0.15) is 0 Å². The predicted octanol–water partition coefficient (Wildman–Crippen LogP) is 2.69. The molecule has 1 unspecified atom stereocenters. The van der Waals surface area contributed by atoms with Crippen LogP contribution in [0.5, 0.6) is 0 Å². The number of carbonyl (C=O) groups is 1. The number of aliphatic carboxylic acids is 1. The van der Waals surface area contributed by atoms with Crippen molar-refractivity contribution in [3.63, 3.8) is 0 Å². The molecule has 2 aliphatic rings. The Bertz CT molecular complexity index is 740. The van der Waals surface area contributed by atoms with Crippen LogP contribution in [0.2, 0.25) is 0 Å². The second kappa shape index (κ2) is 4.80. The second-order valence-electron chi connectivity index (χ2n) is 6.08. The number of rotatable bonds is 4. The molecule has 2 N–H and O–H groups in total. The van der Waals surface area contributed by atoms with Crippen molar-refractivity contribution >= 4 is 11.8 Å². The van der Waals surface area contributed by atoms with Crippen LogP contribution in [0.15, 0.2) is 36.7 Å². The van der Waals surface area contributed by atoms with Gasteiger partial charge in [0.25, 0.3) is 0 Å². The molecule has 22 heavy (non-hydrogen) atoms. The van der Waals surface area contributed by atoms with E-state index in [-0.39, 0.29) is 6.04 Å². The van der Waals surface area contributed by atoms with Crippen LogP contribution in [0, 0.1) is 0 Å². The molecule has 2 aliphatic carbocycles. The molecule has 5 heteroatoms. The predicted molar refractivity (Wildman–Crippen MR) is 81.7 cm³/mol. The Labute approximate surface area is 128 Å². The molecule has 112 valence electrons. The third-order valence-corrected chi connectivity index (χ3v) is 4.75. The molecule has 0 amide bonds. The van der Waals surface area contributed by atoms with Gasteiger partial charge in [-0.25, -0.2) is 4.98 Å². The van der Waals surface area contributed by atoms with Crippen molar-refractivity contribution in [2.24, 2.45) is 0 Å². The summed E-state index contributed by atoms with van der Waals surface area (Å²) in [6.07, 6.45) is 6.49. The lowest BCUT2D eigenvalue weighted by Crippen LogP contribution is -2.24. The zero-order valence-corrected chi connectivity index (χ0v) is 12.1. The molecule has 0 radical (unpaired) electrons. The lowest BCUT2D eigenvalue weighted by Gasteiger charge is -2.19. The van der Waals surface area contributed by atoms with E-state index in [9.17, 15) is 9.90 Å². The highest BCUT2D eigenvalue weighted by molar-refractivity contribution is 5.86. The van der Waals surface area contributed by atoms with E-state index in [1.54, 1.807) is 12.4 Å². The third-order valence-electron chi connectivity index (χ3n) is 4.75. The van der Waals surface area contributed by atoms with E-state index in [2.05, 4.69) is 33.5 Å². The van der Waals surface area contributed by atoms with E-state index in [4.69, 9.17) is 0 Å². The number of aromatic nitrogens is 2. The van der Waals surface area contributed by atoms with Gasteiger partial charge in [-0.15, -0.1) is 0 Å². The highest BCUT2D eigenvalue weighted by Crippen LogP contribution is 2.50. The number of carboxylic acid groups (broad SMARTS) is 1. The Balaban J connectivity index is 1.67. The van der Waals surface area contributed by atoms with Gasteiger partial charge in [-0.05, 0) is 36.8 Å². The van der Waals surface area contributed by atoms with Crippen LogP contribution in [-0.2, 0) is 16.6 Å². The minimum Gasteiger partial charge on any atom is -0.481 e. The van der Waals surface area contributed by atoms with E-state index < -0.39 is 11.4 Å². The maximum atomic E-state index is 11.6. The number of fused-ring (bicyclic) bond motifs is 1. The summed E-state index contributed by atoms with van der Waals surface area (Å²) in [5.41, 5.74) is 2.37. The zero-order valence-electron chi connectivity index (χ0n) is 12.1. The Kier molecular flexibility index (Phi) is 2.89. The van der Waals surface area contributed by atoms with Gasteiger partial charge in [0.2, 0.25) is 0 Å². The van der Waals surface area contributed by atoms with E-state index in [1.165, 1.54) is 11.1 Å². The fraction of sp³-hybridized carbons (Fsp3) is 0.353. The maximum absolute atomic E-state index is 11.6. The average Bonchev–Trinajstić information content (AvgIpc) is 3.26.